The molecule has 0 aromatic heterocycles. The normalized spacial score (nSPS) is 34.9. The van der Waals surface area contributed by atoms with Crippen LogP contribution < -0.4 is 0 Å². The van der Waals surface area contributed by atoms with Crippen LogP contribution in [-0.4, -0.2) is 10.7 Å². The van der Waals surface area contributed by atoms with Gasteiger partial charge in [0.1, 0.15) is 0 Å². The van der Waals surface area contributed by atoms with Crippen LogP contribution >= 0.6 is 0 Å². The maximum Gasteiger partial charge on any atom is 0.269 e. The van der Waals surface area contributed by atoms with Crippen LogP contribution in [0.25, 0.3) is 6.08 Å². The van der Waals surface area contributed by atoms with Gasteiger partial charge in [-0.05, 0) is 80.1 Å². The monoisotopic (exact) mass is 311 g/mol. The quantitative estimate of drug-likeness (QED) is 0.470. The van der Waals surface area contributed by atoms with Gasteiger partial charge in [-0.2, -0.15) is 0 Å². The third-order valence-electron chi connectivity index (χ3n) is 6.09. The Hall–Kier alpha value is -1.97. The van der Waals surface area contributed by atoms with Crippen molar-refractivity contribution in [3.63, 3.8) is 0 Å². The first kappa shape index (κ1) is 14.6. The Morgan fingerprint density at radius 2 is 1.57 bits per heavy atom. The number of nitrogens with zero attached hydrogens (tertiary/aromatic N) is 1. The second kappa shape index (κ2) is 5.29. The topological polar surface area (TPSA) is 60.2 Å². The van der Waals surface area contributed by atoms with Gasteiger partial charge in [0.15, 0.2) is 5.78 Å². The van der Waals surface area contributed by atoms with E-state index in [0.717, 1.165) is 42.6 Å². The van der Waals surface area contributed by atoms with Gasteiger partial charge in [0.25, 0.3) is 5.69 Å². The predicted molar refractivity (Wildman–Crippen MR) is 87.7 cm³/mol. The Balaban J connectivity index is 1.50. The van der Waals surface area contributed by atoms with E-state index in [1.54, 1.807) is 18.2 Å². The molecule has 4 heteroatoms. The van der Waals surface area contributed by atoms with Gasteiger partial charge in [-0.3, -0.25) is 14.9 Å². The molecule has 0 spiro atoms. The SMILES string of the molecule is O=C(C=Cc1ccc([N+](=O)[O-])cc1)C12CC3CC(CC(C3)C1)C2. The minimum Gasteiger partial charge on any atom is -0.294 e. The Bertz CT molecular complexity index is 639. The highest BCUT2D eigenvalue weighted by Gasteiger charge is 2.53. The molecule has 5 rings (SSSR count). The van der Waals surface area contributed by atoms with Crippen molar-refractivity contribution in [1.82, 2.24) is 0 Å². The molecular weight excluding hydrogens is 290 g/mol. The summed E-state index contributed by atoms with van der Waals surface area (Å²) in [5.74, 6) is 2.56. The van der Waals surface area contributed by atoms with E-state index in [0.29, 0.717) is 0 Å². The lowest BCUT2D eigenvalue weighted by atomic mass is 9.48. The summed E-state index contributed by atoms with van der Waals surface area (Å²) < 4.78 is 0. The molecule has 0 amide bonds. The van der Waals surface area contributed by atoms with E-state index in [1.807, 2.05) is 6.08 Å². The molecule has 0 heterocycles. The van der Waals surface area contributed by atoms with Crippen LogP contribution in [0.1, 0.15) is 44.1 Å². The first-order valence-electron chi connectivity index (χ1n) is 8.51. The van der Waals surface area contributed by atoms with Gasteiger partial charge in [0, 0.05) is 17.5 Å². The second-order valence-corrected chi connectivity index (χ2v) is 7.74. The first-order valence-corrected chi connectivity index (χ1v) is 8.51. The molecule has 23 heavy (non-hydrogen) atoms. The summed E-state index contributed by atoms with van der Waals surface area (Å²) in [4.78, 5) is 23.1. The van der Waals surface area contributed by atoms with Crippen molar-refractivity contribution in [3.8, 4) is 0 Å². The van der Waals surface area contributed by atoms with Crippen LogP contribution in [-0.2, 0) is 4.79 Å². The summed E-state index contributed by atoms with van der Waals surface area (Å²) in [5.41, 5.74) is 0.815. The number of hydrogen-bond donors (Lipinski definition) is 0. The van der Waals surface area contributed by atoms with Crippen LogP contribution in [0.5, 0.6) is 0 Å². The van der Waals surface area contributed by atoms with Crippen molar-refractivity contribution in [2.45, 2.75) is 38.5 Å². The van der Waals surface area contributed by atoms with E-state index >= 15 is 0 Å². The Morgan fingerprint density at radius 3 is 2.04 bits per heavy atom. The minimum absolute atomic E-state index is 0.0783. The molecule has 4 saturated carbocycles. The van der Waals surface area contributed by atoms with Crippen LogP contribution in [0.15, 0.2) is 30.3 Å². The van der Waals surface area contributed by atoms with Crippen LogP contribution in [0.4, 0.5) is 5.69 Å². The molecule has 0 aliphatic heterocycles. The summed E-state index contributed by atoms with van der Waals surface area (Å²) in [7, 11) is 0. The number of allylic oxidation sites excluding steroid dienone is 1. The van der Waals surface area contributed by atoms with Gasteiger partial charge in [-0.25, -0.2) is 0 Å². The van der Waals surface area contributed by atoms with Crippen molar-refractivity contribution < 1.29 is 9.72 Å². The van der Waals surface area contributed by atoms with Gasteiger partial charge < -0.3 is 0 Å². The molecule has 4 aliphatic rings. The summed E-state index contributed by atoms with van der Waals surface area (Å²) in [6.07, 6.45) is 10.7. The number of ketones is 1. The lowest BCUT2D eigenvalue weighted by Crippen LogP contribution is -2.49. The van der Waals surface area contributed by atoms with Crippen LogP contribution in [0.2, 0.25) is 0 Å². The fraction of sp³-hybridized carbons (Fsp3) is 0.526. The van der Waals surface area contributed by atoms with Gasteiger partial charge in [-0.1, -0.05) is 6.08 Å². The average molecular weight is 311 g/mol. The molecule has 0 unspecified atom stereocenters. The fourth-order valence-electron chi connectivity index (χ4n) is 5.47. The number of carbonyl (C=O) groups is 1. The van der Waals surface area contributed by atoms with E-state index in [2.05, 4.69) is 0 Å². The molecule has 120 valence electrons. The highest BCUT2D eigenvalue weighted by molar-refractivity contribution is 5.98. The summed E-state index contributed by atoms with van der Waals surface area (Å²) in [6, 6.07) is 6.35. The van der Waals surface area contributed by atoms with Crippen molar-refractivity contribution in [2.24, 2.45) is 23.2 Å². The highest BCUT2D eigenvalue weighted by Crippen LogP contribution is 2.60. The summed E-state index contributed by atoms with van der Waals surface area (Å²) in [5, 5.41) is 10.7. The van der Waals surface area contributed by atoms with Gasteiger partial charge >= 0.3 is 0 Å². The third-order valence-corrected chi connectivity index (χ3v) is 6.09. The summed E-state index contributed by atoms with van der Waals surface area (Å²) in [6.45, 7) is 0. The first-order chi connectivity index (χ1) is 11.0. The molecular formula is C19H21NO3. The predicted octanol–water partition coefficient (Wildman–Crippen LogP) is 4.39. The van der Waals surface area contributed by atoms with Gasteiger partial charge in [0.05, 0.1) is 4.92 Å². The van der Waals surface area contributed by atoms with Crippen molar-refractivity contribution in [1.29, 1.82) is 0 Å². The molecule has 4 aliphatic carbocycles. The third kappa shape index (κ3) is 2.60. The standard InChI is InChI=1S/C19H21NO3/c21-18(6-3-13-1-4-17(5-2-13)20(22)23)19-10-14-7-15(11-19)9-16(8-14)12-19/h1-6,14-16H,7-12H2. The van der Waals surface area contributed by atoms with E-state index in [-0.39, 0.29) is 16.9 Å². The number of nitro benzene ring substituents is 1. The zero-order valence-electron chi connectivity index (χ0n) is 13.1. The maximum absolute atomic E-state index is 12.9. The van der Waals surface area contributed by atoms with E-state index in [1.165, 1.54) is 31.4 Å². The van der Waals surface area contributed by atoms with Crippen molar-refractivity contribution in [3.05, 3.63) is 46.0 Å². The minimum atomic E-state index is -0.409. The maximum atomic E-state index is 12.9. The number of benzene rings is 1. The molecule has 0 saturated heterocycles. The molecule has 0 radical (unpaired) electrons. The number of carbonyl (C=O) groups excluding carboxylic acids is 1. The molecule has 4 bridgehead atoms. The van der Waals surface area contributed by atoms with Crippen molar-refractivity contribution >= 4 is 17.5 Å². The van der Waals surface area contributed by atoms with Crippen molar-refractivity contribution in [2.75, 3.05) is 0 Å². The Morgan fingerprint density at radius 1 is 1.04 bits per heavy atom. The Labute approximate surface area is 135 Å². The molecule has 1 aromatic carbocycles. The molecule has 0 N–H and O–H groups in total. The number of non-ortho nitro benzene ring substituents is 1. The molecule has 0 atom stereocenters. The number of nitro groups is 1. The molecule has 1 aromatic rings. The van der Waals surface area contributed by atoms with Crippen LogP contribution in [0.3, 0.4) is 0 Å². The fourth-order valence-corrected chi connectivity index (χ4v) is 5.47. The van der Waals surface area contributed by atoms with Crippen LogP contribution in [0, 0.1) is 33.3 Å². The Kier molecular flexibility index (Phi) is 3.36. The van der Waals surface area contributed by atoms with E-state index < -0.39 is 4.92 Å². The van der Waals surface area contributed by atoms with Gasteiger partial charge in [-0.15, -0.1) is 0 Å². The number of rotatable bonds is 4. The smallest absolute Gasteiger partial charge is 0.269 e. The second-order valence-electron chi connectivity index (χ2n) is 7.74. The number of hydrogen-bond acceptors (Lipinski definition) is 3. The van der Waals surface area contributed by atoms with Gasteiger partial charge in [0.2, 0.25) is 0 Å². The lowest BCUT2D eigenvalue weighted by Gasteiger charge is -2.55. The molecule has 4 fully saturated rings. The van der Waals surface area contributed by atoms with E-state index in [4.69, 9.17) is 0 Å². The highest BCUT2D eigenvalue weighted by atomic mass is 16.6. The largest absolute Gasteiger partial charge is 0.294 e. The molecule has 4 nitrogen and oxygen atoms in total. The zero-order chi connectivity index (χ0) is 16.0. The van der Waals surface area contributed by atoms with E-state index in [9.17, 15) is 14.9 Å². The average Bonchev–Trinajstić information content (AvgIpc) is 2.51. The zero-order valence-corrected chi connectivity index (χ0v) is 13.1. The lowest BCUT2D eigenvalue weighted by molar-refractivity contribution is -0.384. The summed E-state index contributed by atoms with van der Waals surface area (Å²) >= 11 is 0.